The lowest BCUT2D eigenvalue weighted by Crippen LogP contribution is -2.53. The van der Waals surface area contributed by atoms with Gasteiger partial charge in [-0.25, -0.2) is 13.4 Å². The predicted molar refractivity (Wildman–Crippen MR) is 91.1 cm³/mol. The first kappa shape index (κ1) is 17.2. The molecule has 6 heteroatoms. The molecule has 5 nitrogen and oxygen atoms in total. The van der Waals surface area contributed by atoms with Crippen LogP contribution in [0.15, 0.2) is 18.2 Å². The van der Waals surface area contributed by atoms with Crippen LogP contribution in [0.1, 0.15) is 26.5 Å². The van der Waals surface area contributed by atoms with E-state index in [-0.39, 0.29) is 11.0 Å². The maximum Gasteiger partial charge on any atom is 0.153 e. The third-order valence-electron chi connectivity index (χ3n) is 4.34. The lowest BCUT2D eigenvalue weighted by Gasteiger charge is -2.40. The number of rotatable bonds is 5. The molecule has 22 heavy (non-hydrogen) atoms. The minimum Gasteiger partial charge on any atom is -0.354 e. The number of aromatic nitrogens is 1. The molecule has 124 valence electrons. The average molecular weight is 325 g/mol. The van der Waals surface area contributed by atoms with Crippen LogP contribution in [0, 0.1) is 6.92 Å². The summed E-state index contributed by atoms with van der Waals surface area (Å²) in [4.78, 5) is 9.13. The topological polar surface area (TPSA) is 53.5 Å². The Bertz CT molecular complexity index is 601. The van der Waals surface area contributed by atoms with Gasteiger partial charge in [0, 0.05) is 37.9 Å². The fraction of sp³-hybridized carbons (Fsp3) is 0.688. The first-order valence-electron chi connectivity index (χ1n) is 7.94. The van der Waals surface area contributed by atoms with Gasteiger partial charge in [0.2, 0.25) is 0 Å². The Morgan fingerprint density at radius 2 is 2.05 bits per heavy atom. The maximum absolute atomic E-state index is 12.0. The van der Waals surface area contributed by atoms with Gasteiger partial charge >= 0.3 is 0 Å². The van der Waals surface area contributed by atoms with Gasteiger partial charge in [0.1, 0.15) is 5.82 Å². The number of sulfone groups is 1. The van der Waals surface area contributed by atoms with Crippen LogP contribution in [0.3, 0.4) is 0 Å². The van der Waals surface area contributed by atoms with Gasteiger partial charge in [-0.3, -0.25) is 4.90 Å². The average Bonchev–Trinajstić information content (AvgIpc) is 2.45. The summed E-state index contributed by atoms with van der Waals surface area (Å²) >= 11 is 0. The van der Waals surface area contributed by atoms with E-state index >= 15 is 0 Å². The summed E-state index contributed by atoms with van der Waals surface area (Å²) in [7, 11) is -2.96. The molecule has 0 N–H and O–H groups in total. The minimum absolute atomic E-state index is 0.248. The molecule has 1 atom stereocenters. The van der Waals surface area contributed by atoms with Crippen LogP contribution in [0.5, 0.6) is 0 Å². The van der Waals surface area contributed by atoms with Gasteiger partial charge in [-0.2, -0.15) is 0 Å². The van der Waals surface area contributed by atoms with Crippen LogP contribution in [0.4, 0.5) is 5.82 Å². The van der Waals surface area contributed by atoms with Gasteiger partial charge in [0.25, 0.3) is 0 Å². The van der Waals surface area contributed by atoms with Crippen molar-refractivity contribution >= 4 is 15.7 Å². The lowest BCUT2D eigenvalue weighted by molar-refractivity contribution is 0.200. The zero-order chi connectivity index (χ0) is 16.3. The van der Waals surface area contributed by atoms with Crippen molar-refractivity contribution in [3.05, 3.63) is 23.9 Å². The molecule has 1 aromatic rings. The number of hydrogen-bond donors (Lipinski definition) is 0. The summed E-state index contributed by atoms with van der Waals surface area (Å²) in [6, 6.07) is 6.40. The second-order valence-electron chi connectivity index (χ2n) is 6.38. The Morgan fingerprint density at radius 1 is 1.32 bits per heavy atom. The Hall–Kier alpha value is -1.14. The summed E-state index contributed by atoms with van der Waals surface area (Å²) in [6.45, 7) is 10.9. The highest BCUT2D eigenvalue weighted by atomic mass is 32.2. The van der Waals surface area contributed by atoms with Crippen LogP contribution in [-0.4, -0.2) is 61.5 Å². The van der Waals surface area contributed by atoms with Crippen LogP contribution >= 0.6 is 0 Å². The SMILES string of the molecule is Cc1cccc(N2CCN(CCS(=O)(=O)C(C)C)C(C)C2)n1. The second kappa shape index (κ2) is 6.96. The highest BCUT2D eigenvalue weighted by Gasteiger charge is 2.26. The van der Waals surface area contributed by atoms with Crippen molar-refractivity contribution in [1.29, 1.82) is 0 Å². The van der Waals surface area contributed by atoms with Crippen LogP contribution < -0.4 is 4.90 Å². The van der Waals surface area contributed by atoms with Crippen LogP contribution in [-0.2, 0) is 9.84 Å². The summed E-state index contributed by atoms with van der Waals surface area (Å²) in [5, 5.41) is -0.291. The molecule has 1 unspecified atom stereocenters. The van der Waals surface area contributed by atoms with Gasteiger partial charge in [0.15, 0.2) is 9.84 Å². The summed E-state index contributed by atoms with van der Waals surface area (Å²) < 4.78 is 23.9. The molecule has 0 aliphatic carbocycles. The Morgan fingerprint density at radius 3 is 2.64 bits per heavy atom. The van der Waals surface area contributed by atoms with E-state index in [2.05, 4.69) is 21.7 Å². The van der Waals surface area contributed by atoms with E-state index in [1.165, 1.54) is 0 Å². The number of pyridine rings is 1. The van der Waals surface area contributed by atoms with Gasteiger partial charge in [-0.15, -0.1) is 0 Å². The van der Waals surface area contributed by atoms with Crippen LogP contribution in [0.2, 0.25) is 0 Å². The molecule has 0 aromatic carbocycles. The number of aryl methyl sites for hydroxylation is 1. The second-order valence-corrected chi connectivity index (χ2v) is 9.06. The molecule has 1 fully saturated rings. The molecule has 1 aromatic heterocycles. The number of nitrogens with zero attached hydrogens (tertiary/aromatic N) is 3. The molecule has 2 rings (SSSR count). The molecule has 0 saturated carbocycles. The smallest absolute Gasteiger partial charge is 0.153 e. The van der Waals surface area contributed by atoms with Crippen molar-refractivity contribution in [2.24, 2.45) is 0 Å². The summed E-state index contributed by atoms with van der Waals surface area (Å²) in [6.07, 6.45) is 0. The molecule has 0 spiro atoms. The molecule has 0 radical (unpaired) electrons. The Balaban J connectivity index is 1.93. The fourth-order valence-corrected chi connectivity index (χ4v) is 3.68. The zero-order valence-electron chi connectivity index (χ0n) is 14.0. The van der Waals surface area contributed by atoms with E-state index in [9.17, 15) is 8.42 Å². The lowest BCUT2D eigenvalue weighted by atomic mass is 10.2. The van der Waals surface area contributed by atoms with E-state index in [1.54, 1.807) is 13.8 Å². The molecular weight excluding hydrogens is 298 g/mol. The van der Waals surface area contributed by atoms with Crippen molar-refractivity contribution in [3.8, 4) is 0 Å². The van der Waals surface area contributed by atoms with E-state index in [0.717, 1.165) is 31.1 Å². The predicted octanol–water partition coefficient (Wildman–Crippen LogP) is 1.72. The third kappa shape index (κ3) is 4.20. The molecule has 2 heterocycles. The molecule has 1 aliphatic rings. The van der Waals surface area contributed by atoms with Gasteiger partial charge < -0.3 is 4.90 Å². The van der Waals surface area contributed by atoms with Crippen molar-refractivity contribution in [1.82, 2.24) is 9.88 Å². The first-order chi connectivity index (χ1) is 10.3. The largest absolute Gasteiger partial charge is 0.354 e. The van der Waals surface area contributed by atoms with Crippen molar-refractivity contribution in [3.63, 3.8) is 0 Å². The number of anilines is 1. The number of piperazine rings is 1. The van der Waals surface area contributed by atoms with E-state index in [0.29, 0.717) is 12.6 Å². The quantitative estimate of drug-likeness (QED) is 0.825. The number of hydrogen-bond acceptors (Lipinski definition) is 5. The normalized spacial score (nSPS) is 20.6. The first-order valence-corrected chi connectivity index (χ1v) is 9.65. The zero-order valence-corrected chi connectivity index (χ0v) is 14.8. The monoisotopic (exact) mass is 325 g/mol. The minimum atomic E-state index is -2.96. The van der Waals surface area contributed by atoms with E-state index < -0.39 is 9.84 Å². The van der Waals surface area contributed by atoms with Gasteiger partial charge in [-0.1, -0.05) is 6.07 Å². The van der Waals surface area contributed by atoms with Gasteiger partial charge in [0.05, 0.1) is 11.0 Å². The summed E-state index contributed by atoms with van der Waals surface area (Å²) in [5.74, 6) is 1.26. The van der Waals surface area contributed by atoms with E-state index in [4.69, 9.17) is 0 Å². The fourth-order valence-electron chi connectivity index (χ4n) is 2.72. The van der Waals surface area contributed by atoms with Crippen molar-refractivity contribution < 1.29 is 8.42 Å². The third-order valence-corrected chi connectivity index (χ3v) is 6.53. The molecule has 0 amide bonds. The van der Waals surface area contributed by atoms with Gasteiger partial charge in [-0.05, 0) is 39.8 Å². The molecule has 1 saturated heterocycles. The highest BCUT2D eigenvalue weighted by molar-refractivity contribution is 7.92. The van der Waals surface area contributed by atoms with Crippen molar-refractivity contribution in [2.45, 2.75) is 39.0 Å². The standard InChI is InChI=1S/C16H27N3O2S/c1-13(2)22(20,21)11-10-18-8-9-19(12-15(18)4)16-7-5-6-14(3)17-16/h5-7,13,15H,8-12H2,1-4H3. The molecule has 0 bridgehead atoms. The van der Waals surface area contributed by atoms with Crippen molar-refractivity contribution in [2.75, 3.05) is 36.8 Å². The Kier molecular flexibility index (Phi) is 5.45. The van der Waals surface area contributed by atoms with Crippen LogP contribution in [0.25, 0.3) is 0 Å². The Labute approximate surface area is 134 Å². The molecule has 1 aliphatic heterocycles. The highest BCUT2D eigenvalue weighted by Crippen LogP contribution is 2.17. The maximum atomic E-state index is 12.0. The van der Waals surface area contributed by atoms with E-state index in [1.807, 2.05) is 25.1 Å². The molecular formula is C16H27N3O2S. The summed E-state index contributed by atoms with van der Waals surface area (Å²) in [5.41, 5.74) is 1.02.